The molecular weight excluding hydrogens is 315 g/mol. The number of rotatable bonds is 2. The number of anilines is 2. The molecule has 22 heavy (non-hydrogen) atoms. The van der Waals surface area contributed by atoms with Crippen LogP contribution in [0.3, 0.4) is 0 Å². The Hall–Kier alpha value is -1.82. The zero-order chi connectivity index (χ0) is 16.5. The summed E-state index contributed by atoms with van der Waals surface area (Å²) in [4.78, 5) is 6.62. The van der Waals surface area contributed by atoms with Crippen molar-refractivity contribution in [1.29, 1.82) is 0 Å². The minimum atomic E-state index is -4.64. The number of halogens is 4. The van der Waals surface area contributed by atoms with Gasteiger partial charge in [0.2, 0.25) is 5.82 Å². The highest BCUT2D eigenvalue weighted by Gasteiger charge is 2.35. The molecule has 0 bridgehead atoms. The molecule has 118 valence electrons. The van der Waals surface area contributed by atoms with E-state index in [0.29, 0.717) is 5.69 Å². The Morgan fingerprint density at radius 1 is 1.00 bits per heavy atom. The van der Waals surface area contributed by atoms with Crippen molar-refractivity contribution in [2.45, 2.75) is 32.4 Å². The van der Waals surface area contributed by atoms with Crippen LogP contribution in [0.2, 0.25) is 5.15 Å². The molecule has 1 N–H and O–H groups in total. The molecule has 7 heteroatoms. The number of aromatic nitrogens is 2. The van der Waals surface area contributed by atoms with Crippen LogP contribution in [-0.4, -0.2) is 9.97 Å². The van der Waals surface area contributed by atoms with Crippen LogP contribution in [0.4, 0.5) is 24.7 Å². The molecule has 0 saturated heterocycles. The Balaban J connectivity index is 2.26. The Bertz CT molecular complexity index is 661. The van der Waals surface area contributed by atoms with Gasteiger partial charge in [-0.05, 0) is 23.1 Å². The van der Waals surface area contributed by atoms with Crippen LogP contribution >= 0.6 is 11.6 Å². The fourth-order valence-electron chi connectivity index (χ4n) is 1.81. The average Bonchev–Trinajstić information content (AvgIpc) is 2.36. The Kier molecular flexibility index (Phi) is 4.33. The number of hydrogen-bond acceptors (Lipinski definition) is 3. The Morgan fingerprint density at radius 2 is 1.59 bits per heavy atom. The summed E-state index contributed by atoms with van der Waals surface area (Å²) in [5.74, 6) is -1.27. The summed E-state index contributed by atoms with van der Waals surface area (Å²) in [5, 5.41) is 2.53. The summed E-state index contributed by atoms with van der Waals surface area (Å²) in [6.45, 7) is 6.24. The maximum atomic E-state index is 12.7. The average molecular weight is 330 g/mol. The molecule has 0 aliphatic heterocycles. The van der Waals surface area contributed by atoms with Crippen LogP contribution < -0.4 is 5.32 Å². The van der Waals surface area contributed by atoms with E-state index in [9.17, 15) is 13.2 Å². The molecular formula is C15H15ClF3N3. The van der Waals surface area contributed by atoms with Crippen LogP contribution in [0, 0.1) is 0 Å². The lowest BCUT2D eigenvalue weighted by molar-refractivity contribution is -0.144. The largest absolute Gasteiger partial charge is 0.451 e. The van der Waals surface area contributed by atoms with Gasteiger partial charge in [0.1, 0.15) is 11.0 Å². The molecule has 0 radical (unpaired) electrons. The van der Waals surface area contributed by atoms with Gasteiger partial charge in [0.25, 0.3) is 0 Å². The third-order valence-corrected chi connectivity index (χ3v) is 3.17. The molecule has 0 aliphatic carbocycles. The maximum absolute atomic E-state index is 12.7. The summed E-state index contributed by atoms with van der Waals surface area (Å²) in [7, 11) is 0. The molecule has 2 rings (SSSR count). The first kappa shape index (κ1) is 16.5. The van der Waals surface area contributed by atoms with E-state index in [1.807, 2.05) is 12.1 Å². The normalized spacial score (nSPS) is 12.3. The molecule has 2 aromatic rings. The first-order chi connectivity index (χ1) is 10.1. The van der Waals surface area contributed by atoms with E-state index >= 15 is 0 Å². The van der Waals surface area contributed by atoms with E-state index < -0.39 is 12.0 Å². The van der Waals surface area contributed by atoms with Gasteiger partial charge < -0.3 is 5.32 Å². The molecule has 0 amide bonds. The van der Waals surface area contributed by atoms with E-state index in [0.717, 1.165) is 5.56 Å². The summed E-state index contributed by atoms with van der Waals surface area (Å²) in [6.07, 6.45) is -4.64. The second-order valence-corrected chi connectivity index (χ2v) is 6.24. The predicted octanol–water partition coefficient (Wildman–Crippen LogP) is 5.19. The SMILES string of the molecule is CC(C)(C)c1ccc(Nc2cc(Cl)nc(C(F)(F)F)n2)cc1. The summed E-state index contributed by atoms with van der Waals surface area (Å²) in [5.41, 5.74) is 1.74. The van der Waals surface area contributed by atoms with Gasteiger partial charge in [-0.15, -0.1) is 0 Å². The number of hydrogen-bond donors (Lipinski definition) is 1. The van der Waals surface area contributed by atoms with Gasteiger partial charge in [-0.25, -0.2) is 9.97 Å². The lowest BCUT2D eigenvalue weighted by Gasteiger charge is -2.19. The first-order valence-electron chi connectivity index (χ1n) is 6.55. The van der Waals surface area contributed by atoms with Gasteiger partial charge in [0.05, 0.1) is 0 Å². The molecule has 1 aromatic heterocycles. The highest BCUT2D eigenvalue weighted by atomic mass is 35.5. The highest BCUT2D eigenvalue weighted by Crippen LogP contribution is 2.29. The van der Waals surface area contributed by atoms with Crippen molar-refractivity contribution in [3.05, 3.63) is 46.9 Å². The van der Waals surface area contributed by atoms with Gasteiger partial charge in [-0.3, -0.25) is 0 Å². The zero-order valence-corrected chi connectivity index (χ0v) is 13.0. The molecule has 0 atom stereocenters. The second kappa shape index (κ2) is 5.76. The number of nitrogens with zero attached hydrogens (tertiary/aromatic N) is 2. The van der Waals surface area contributed by atoms with Crippen molar-refractivity contribution in [1.82, 2.24) is 9.97 Å². The Labute approximate surface area is 131 Å². The van der Waals surface area contributed by atoms with Crippen LogP contribution in [0.25, 0.3) is 0 Å². The fourth-order valence-corrected chi connectivity index (χ4v) is 1.99. The van der Waals surface area contributed by atoms with E-state index in [1.54, 1.807) is 12.1 Å². The van der Waals surface area contributed by atoms with Gasteiger partial charge in [-0.1, -0.05) is 44.5 Å². The summed E-state index contributed by atoms with van der Waals surface area (Å²) in [6, 6.07) is 8.63. The van der Waals surface area contributed by atoms with E-state index in [-0.39, 0.29) is 16.4 Å². The maximum Gasteiger partial charge on any atom is 0.451 e. The molecule has 0 saturated carbocycles. The third-order valence-electron chi connectivity index (χ3n) is 2.97. The smallest absolute Gasteiger partial charge is 0.340 e. The van der Waals surface area contributed by atoms with E-state index in [1.165, 1.54) is 6.07 Å². The van der Waals surface area contributed by atoms with Crippen LogP contribution in [0.1, 0.15) is 32.2 Å². The topological polar surface area (TPSA) is 37.8 Å². The lowest BCUT2D eigenvalue weighted by atomic mass is 9.87. The van der Waals surface area contributed by atoms with Gasteiger partial charge in [0, 0.05) is 11.8 Å². The molecule has 1 heterocycles. The quantitative estimate of drug-likeness (QED) is 0.770. The second-order valence-electron chi connectivity index (χ2n) is 5.85. The first-order valence-corrected chi connectivity index (χ1v) is 6.93. The molecule has 0 unspecified atom stereocenters. The molecule has 1 aromatic carbocycles. The van der Waals surface area contributed by atoms with Crippen molar-refractivity contribution in [3.8, 4) is 0 Å². The molecule has 0 spiro atoms. The fraction of sp³-hybridized carbons (Fsp3) is 0.333. The number of benzene rings is 1. The van der Waals surface area contributed by atoms with Gasteiger partial charge in [0.15, 0.2) is 0 Å². The van der Waals surface area contributed by atoms with Crippen LogP contribution in [0.5, 0.6) is 0 Å². The lowest BCUT2D eigenvalue weighted by Crippen LogP contribution is -2.12. The van der Waals surface area contributed by atoms with Gasteiger partial charge >= 0.3 is 6.18 Å². The van der Waals surface area contributed by atoms with Crippen molar-refractivity contribution >= 4 is 23.1 Å². The Morgan fingerprint density at radius 3 is 2.09 bits per heavy atom. The molecule has 3 nitrogen and oxygen atoms in total. The van der Waals surface area contributed by atoms with Crippen LogP contribution in [-0.2, 0) is 11.6 Å². The summed E-state index contributed by atoms with van der Waals surface area (Å²) < 4.78 is 38.0. The monoisotopic (exact) mass is 329 g/mol. The van der Waals surface area contributed by atoms with Crippen molar-refractivity contribution < 1.29 is 13.2 Å². The van der Waals surface area contributed by atoms with Crippen molar-refractivity contribution in [3.63, 3.8) is 0 Å². The van der Waals surface area contributed by atoms with E-state index in [4.69, 9.17) is 11.6 Å². The molecule has 0 fully saturated rings. The minimum absolute atomic E-state index is 0.000207. The van der Waals surface area contributed by atoms with Gasteiger partial charge in [-0.2, -0.15) is 13.2 Å². The summed E-state index contributed by atoms with van der Waals surface area (Å²) >= 11 is 5.62. The van der Waals surface area contributed by atoms with Crippen LogP contribution in [0.15, 0.2) is 30.3 Å². The third kappa shape index (κ3) is 4.10. The highest BCUT2D eigenvalue weighted by molar-refractivity contribution is 6.29. The number of nitrogens with one attached hydrogen (secondary N) is 1. The number of alkyl halides is 3. The van der Waals surface area contributed by atoms with Crippen molar-refractivity contribution in [2.75, 3.05) is 5.32 Å². The predicted molar refractivity (Wildman–Crippen MR) is 80.5 cm³/mol. The zero-order valence-electron chi connectivity index (χ0n) is 12.3. The van der Waals surface area contributed by atoms with E-state index in [2.05, 4.69) is 36.1 Å². The minimum Gasteiger partial charge on any atom is -0.340 e. The molecule has 0 aliphatic rings. The standard InChI is InChI=1S/C15H15ClF3N3/c1-14(2,3)9-4-6-10(7-5-9)20-12-8-11(16)21-13(22-12)15(17,18)19/h4-8H,1-3H3,(H,20,21,22). The van der Waals surface area contributed by atoms with Crippen molar-refractivity contribution in [2.24, 2.45) is 0 Å².